The molecule has 9 heteroatoms. The third-order valence-electron chi connectivity index (χ3n) is 4.25. The quantitative estimate of drug-likeness (QED) is 0.252. The summed E-state index contributed by atoms with van der Waals surface area (Å²) in [5, 5.41) is 57.4. The molecular weight excluding hydrogens is 336 g/mol. The fourth-order valence-electron chi connectivity index (χ4n) is 2.82. The summed E-state index contributed by atoms with van der Waals surface area (Å²) in [6.45, 7) is 1.46. The number of unbranched alkanes of at least 4 members (excludes halogenated alkanes) is 2. The second kappa shape index (κ2) is 11.0. The molecule has 7 atom stereocenters. The van der Waals surface area contributed by atoms with Gasteiger partial charge in [0.05, 0.1) is 25.2 Å². The number of rotatable bonds is 11. The molecule has 0 bridgehead atoms. The minimum atomic E-state index is -1.55. The van der Waals surface area contributed by atoms with Crippen molar-refractivity contribution < 1.29 is 44.9 Å². The van der Waals surface area contributed by atoms with Crippen molar-refractivity contribution in [2.45, 2.75) is 88.4 Å². The minimum Gasteiger partial charge on any atom is -0.481 e. The van der Waals surface area contributed by atoms with Gasteiger partial charge in [-0.1, -0.05) is 26.2 Å². The predicted molar refractivity (Wildman–Crippen MR) is 85.7 cm³/mol. The van der Waals surface area contributed by atoms with Gasteiger partial charge in [-0.15, -0.1) is 0 Å². The fraction of sp³-hybridized carbons (Fsp3) is 0.938. The van der Waals surface area contributed by atoms with Gasteiger partial charge >= 0.3 is 5.97 Å². The number of aliphatic hydroxyl groups is 5. The van der Waals surface area contributed by atoms with Crippen molar-refractivity contribution in [2.24, 2.45) is 0 Å². The summed E-state index contributed by atoms with van der Waals surface area (Å²) in [6, 6.07) is 0. The summed E-state index contributed by atoms with van der Waals surface area (Å²) in [7, 11) is 0. The second-order valence-corrected chi connectivity index (χ2v) is 6.44. The van der Waals surface area contributed by atoms with E-state index in [2.05, 4.69) is 0 Å². The molecule has 1 saturated heterocycles. The molecule has 0 aromatic rings. The Labute approximate surface area is 146 Å². The van der Waals surface area contributed by atoms with Gasteiger partial charge in [0.25, 0.3) is 0 Å². The van der Waals surface area contributed by atoms with Crippen LogP contribution in [-0.2, 0) is 14.3 Å². The molecule has 6 N–H and O–H groups in total. The van der Waals surface area contributed by atoms with E-state index >= 15 is 0 Å². The molecule has 25 heavy (non-hydrogen) atoms. The van der Waals surface area contributed by atoms with Crippen LogP contribution < -0.4 is 0 Å². The van der Waals surface area contributed by atoms with Crippen LogP contribution in [0, 0.1) is 0 Å². The lowest BCUT2D eigenvalue weighted by Crippen LogP contribution is -2.59. The van der Waals surface area contributed by atoms with E-state index in [1.165, 1.54) is 0 Å². The van der Waals surface area contributed by atoms with Crippen molar-refractivity contribution in [1.29, 1.82) is 0 Å². The molecule has 148 valence electrons. The van der Waals surface area contributed by atoms with Crippen molar-refractivity contribution in [3.05, 3.63) is 0 Å². The zero-order valence-corrected chi connectivity index (χ0v) is 14.4. The summed E-state index contributed by atoms with van der Waals surface area (Å²) >= 11 is 0. The van der Waals surface area contributed by atoms with E-state index < -0.39 is 61.9 Å². The summed E-state index contributed by atoms with van der Waals surface area (Å²) in [5.41, 5.74) is 0. The van der Waals surface area contributed by atoms with Gasteiger partial charge in [0, 0.05) is 6.42 Å². The van der Waals surface area contributed by atoms with Crippen LogP contribution in [0.1, 0.15) is 45.4 Å². The standard InChI is InChI=1S/C16H30O9/c1-2-3-4-5-10(6-9(18)7-12(19)20)24-16-15(23)14(22)13(21)11(8-17)25-16/h9-11,13-18,21-23H,2-8H2,1H3,(H,19,20). The molecule has 1 fully saturated rings. The Hall–Kier alpha value is -0.810. The van der Waals surface area contributed by atoms with Gasteiger partial charge in [-0.3, -0.25) is 4.79 Å². The highest BCUT2D eigenvalue weighted by atomic mass is 16.7. The number of aliphatic hydroxyl groups excluding tert-OH is 5. The van der Waals surface area contributed by atoms with E-state index in [1.807, 2.05) is 6.92 Å². The number of ether oxygens (including phenoxy) is 2. The van der Waals surface area contributed by atoms with Crippen molar-refractivity contribution in [3.8, 4) is 0 Å². The van der Waals surface area contributed by atoms with Crippen LogP contribution in [0.5, 0.6) is 0 Å². The van der Waals surface area contributed by atoms with Gasteiger partial charge in [0.1, 0.15) is 24.4 Å². The van der Waals surface area contributed by atoms with Crippen LogP contribution >= 0.6 is 0 Å². The maximum absolute atomic E-state index is 10.7. The average molecular weight is 366 g/mol. The maximum atomic E-state index is 10.7. The van der Waals surface area contributed by atoms with Crippen LogP contribution in [0.4, 0.5) is 0 Å². The zero-order chi connectivity index (χ0) is 19.0. The van der Waals surface area contributed by atoms with Gasteiger partial charge < -0.3 is 40.1 Å². The molecule has 1 rings (SSSR count). The highest BCUT2D eigenvalue weighted by Gasteiger charge is 2.44. The summed E-state index contributed by atoms with van der Waals surface area (Å²) in [5.74, 6) is -1.13. The van der Waals surface area contributed by atoms with Crippen molar-refractivity contribution >= 4 is 5.97 Å². The number of carboxylic acids is 1. The Kier molecular flexibility index (Phi) is 9.80. The lowest BCUT2D eigenvalue weighted by atomic mass is 9.98. The van der Waals surface area contributed by atoms with Gasteiger partial charge in [0.2, 0.25) is 0 Å². The highest BCUT2D eigenvalue weighted by molar-refractivity contribution is 5.67. The number of aliphatic carboxylic acids is 1. The summed E-state index contributed by atoms with van der Waals surface area (Å²) in [4.78, 5) is 10.7. The molecule has 0 aromatic carbocycles. The van der Waals surface area contributed by atoms with Crippen molar-refractivity contribution in [2.75, 3.05) is 6.61 Å². The van der Waals surface area contributed by atoms with Crippen LogP contribution in [0.25, 0.3) is 0 Å². The lowest BCUT2D eigenvalue weighted by Gasteiger charge is -2.41. The second-order valence-electron chi connectivity index (χ2n) is 6.44. The first kappa shape index (κ1) is 22.2. The third-order valence-corrected chi connectivity index (χ3v) is 4.25. The largest absolute Gasteiger partial charge is 0.481 e. The molecule has 9 nitrogen and oxygen atoms in total. The van der Waals surface area contributed by atoms with Gasteiger partial charge in [-0.25, -0.2) is 0 Å². The molecule has 0 spiro atoms. The van der Waals surface area contributed by atoms with Gasteiger partial charge in [-0.05, 0) is 6.42 Å². The molecule has 0 saturated carbocycles. The zero-order valence-electron chi connectivity index (χ0n) is 14.4. The monoisotopic (exact) mass is 366 g/mol. The molecule has 0 aliphatic carbocycles. The predicted octanol–water partition coefficient (Wildman–Crippen LogP) is -1.02. The maximum Gasteiger partial charge on any atom is 0.305 e. The van der Waals surface area contributed by atoms with Crippen LogP contribution in [0.2, 0.25) is 0 Å². The Morgan fingerprint density at radius 3 is 2.40 bits per heavy atom. The van der Waals surface area contributed by atoms with Crippen LogP contribution in [0.3, 0.4) is 0 Å². The third kappa shape index (κ3) is 7.14. The summed E-state index contributed by atoms with van der Waals surface area (Å²) in [6.07, 6.45) is -5.85. The normalized spacial score (nSPS) is 32.3. The number of carbonyl (C=O) groups is 1. The van der Waals surface area contributed by atoms with E-state index in [-0.39, 0.29) is 6.42 Å². The molecule has 1 aliphatic rings. The number of hydrogen-bond donors (Lipinski definition) is 6. The Morgan fingerprint density at radius 1 is 1.16 bits per heavy atom. The Bertz CT molecular complexity index is 390. The number of carboxylic acid groups (broad SMARTS) is 1. The molecule has 1 aliphatic heterocycles. The highest BCUT2D eigenvalue weighted by Crippen LogP contribution is 2.25. The van der Waals surface area contributed by atoms with E-state index in [1.54, 1.807) is 0 Å². The molecule has 1 heterocycles. The summed E-state index contributed by atoms with van der Waals surface area (Å²) < 4.78 is 10.9. The van der Waals surface area contributed by atoms with Crippen molar-refractivity contribution in [3.63, 3.8) is 0 Å². The van der Waals surface area contributed by atoms with E-state index in [0.717, 1.165) is 19.3 Å². The first-order valence-corrected chi connectivity index (χ1v) is 8.65. The SMILES string of the molecule is CCCCCC(CC(O)CC(=O)O)OC1OC(CO)C(O)C(O)C1O. The van der Waals surface area contributed by atoms with Crippen LogP contribution in [0.15, 0.2) is 0 Å². The van der Waals surface area contributed by atoms with E-state index in [9.17, 15) is 30.3 Å². The first-order valence-electron chi connectivity index (χ1n) is 8.65. The smallest absolute Gasteiger partial charge is 0.305 e. The van der Waals surface area contributed by atoms with E-state index in [0.29, 0.717) is 6.42 Å². The fourth-order valence-corrected chi connectivity index (χ4v) is 2.82. The number of hydrogen-bond acceptors (Lipinski definition) is 8. The average Bonchev–Trinajstić information content (AvgIpc) is 2.54. The minimum absolute atomic E-state index is 0.0328. The van der Waals surface area contributed by atoms with Crippen LogP contribution in [-0.4, -0.2) is 86.1 Å². The van der Waals surface area contributed by atoms with Gasteiger partial charge in [0.15, 0.2) is 6.29 Å². The van der Waals surface area contributed by atoms with Crippen molar-refractivity contribution in [1.82, 2.24) is 0 Å². The molecule has 7 unspecified atom stereocenters. The van der Waals surface area contributed by atoms with Gasteiger partial charge in [-0.2, -0.15) is 0 Å². The molecular formula is C16H30O9. The Morgan fingerprint density at radius 2 is 1.84 bits per heavy atom. The topological polar surface area (TPSA) is 157 Å². The lowest BCUT2D eigenvalue weighted by molar-refractivity contribution is -0.313. The molecule has 0 amide bonds. The first-order chi connectivity index (χ1) is 11.8. The molecule has 0 aromatic heterocycles. The van der Waals surface area contributed by atoms with E-state index in [4.69, 9.17) is 14.6 Å². The Balaban J connectivity index is 2.71. The molecule has 0 radical (unpaired) electrons.